The highest BCUT2D eigenvalue weighted by molar-refractivity contribution is 4.92. The minimum Gasteiger partial charge on any atom is -0.388 e. The maximum atomic E-state index is 10.3. The van der Waals surface area contributed by atoms with Crippen LogP contribution in [0.2, 0.25) is 0 Å². The van der Waals surface area contributed by atoms with Crippen LogP contribution in [0.1, 0.15) is 52.4 Å². The van der Waals surface area contributed by atoms with Crippen molar-refractivity contribution in [3.05, 3.63) is 0 Å². The summed E-state index contributed by atoms with van der Waals surface area (Å²) >= 11 is 0. The monoisotopic (exact) mass is 243 g/mol. The van der Waals surface area contributed by atoms with Crippen molar-refractivity contribution in [1.82, 2.24) is 0 Å². The second kappa shape index (κ2) is 7.34. The van der Waals surface area contributed by atoms with Crippen LogP contribution in [0.25, 0.3) is 0 Å². The van der Waals surface area contributed by atoms with Crippen molar-refractivity contribution >= 4 is 0 Å². The van der Waals surface area contributed by atoms with E-state index in [1.165, 1.54) is 12.8 Å². The van der Waals surface area contributed by atoms with Crippen molar-refractivity contribution in [2.45, 2.75) is 58.0 Å². The molecule has 3 unspecified atom stereocenters. The van der Waals surface area contributed by atoms with Gasteiger partial charge in [-0.3, -0.25) is 0 Å². The highest BCUT2D eigenvalue weighted by Crippen LogP contribution is 2.37. The quantitative estimate of drug-likeness (QED) is 0.643. The van der Waals surface area contributed by atoms with E-state index in [-0.39, 0.29) is 0 Å². The van der Waals surface area contributed by atoms with E-state index in [0.29, 0.717) is 18.4 Å². The van der Waals surface area contributed by atoms with Gasteiger partial charge < -0.3 is 15.6 Å². The molecule has 3 atom stereocenters. The maximum absolute atomic E-state index is 10.3. The Kier molecular flexibility index (Phi) is 6.45. The molecule has 0 aliphatic heterocycles. The summed E-state index contributed by atoms with van der Waals surface area (Å²) in [6.07, 6.45) is 6.47. The number of aliphatic hydroxyl groups is 1. The highest BCUT2D eigenvalue weighted by Gasteiger charge is 2.39. The van der Waals surface area contributed by atoms with Gasteiger partial charge >= 0.3 is 0 Å². The molecule has 0 spiro atoms. The molecule has 0 saturated heterocycles. The number of nitrogens with two attached hydrogens (primary N) is 1. The second-order valence-corrected chi connectivity index (χ2v) is 5.65. The Morgan fingerprint density at radius 3 is 2.94 bits per heavy atom. The summed E-state index contributed by atoms with van der Waals surface area (Å²) in [4.78, 5) is 0. The largest absolute Gasteiger partial charge is 0.388 e. The second-order valence-electron chi connectivity index (χ2n) is 5.65. The number of hydrogen-bond acceptors (Lipinski definition) is 3. The van der Waals surface area contributed by atoms with E-state index in [2.05, 4.69) is 13.8 Å². The Balaban J connectivity index is 2.14. The summed E-state index contributed by atoms with van der Waals surface area (Å²) in [5, 5.41) is 10.3. The van der Waals surface area contributed by atoms with Crippen LogP contribution in [0.5, 0.6) is 0 Å². The molecule has 0 aromatic heterocycles. The van der Waals surface area contributed by atoms with Crippen molar-refractivity contribution in [2.75, 3.05) is 19.8 Å². The highest BCUT2D eigenvalue weighted by atomic mass is 16.5. The van der Waals surface area contributed by atoms with Crippen LogP contribution in [-0.2, 0) is 4.74 Å². The lowest BCUT2D eigenvalue weighted by molar-refractivity contribution is -0.00674. The molecule has 0 amide bonds. The molecule has 0 radical (unpaired) electrons. The first kappa shape index (κ1) is 14.9. The average Bonchev–Trinajstić information content (AvgIpc) is 2.68. The van der Waals surface area contributed by atoms with Gasteiger partial charge in [0, 0.05) is 19.8 Å². The molecule has 0 aromatic rings. The third kappa shape index (κ3) is 4.57. The van der Waals surface area contributed by atoms with E-state index in [0.717, 1.165) is 38.9 Å². The predicted octanol–water partition coefficient (Wildman–Crippen LogP) is 2.32. The summed E-state index contributed by atoms with van der Waals surface area (Å²) in [6, 6.07) is 0. The molecule has 1 rings (SSSR count). The minimum atomic E-state index is -0.613. The molecular formula is C14H29NO2. The van der Waals surface area contributed by atoms with E-state index in [1.807, 2.05) is 0 Å². The number of rotatable bonds is 8. The van der Waals surface area contributed by atoms with Gasteiger partial charge in [-0.2, -0.15) is 0 Å². The van der Waals surface area contributed by atoms with Gasteiger partial charge in [-0.15, -0.1) is 0 Å². The zero-order valence-electron chi connectivity index (χ0n) is 11.5. The fourth-order valence-electron chi connectivity index (χ4n) is 2.90. The summed E-state index contributed by atoms with van der Waals surface area (Å²) in [5.74, 6) is 0.992. The van der Waals surface area contributed by atoms with Crippen LogP contribution in [0.15, 0.2) is 0 Å². The van der Waals surface area contributed by atoms with E-state index in [4.69, 9.17) is 10.5 Å². The lowest BCUT2D eigenvalue weighted by Gasteiger charge is -2.28. The molecule has 3 N–H and O–H groups in total. The molecule has 1 saturated carbocycles. The molecule has 0 heterocycles. The Labute approximate surface area is 106 Å². The van der Waals surface area contributed by atoms with Crippen LogP contribution in [0, 0.1) is 11.8 Å². The molecule has 102 valence electrons. The van der Waals surface area contributed by atoms with E-state index in [9.17, 15) is 5.11 Å². The van der Waals surface area contributed by atoms with Gasteiger partial charge in [0.15, 0.2) is 0 Å². The third-order valence-electron chi connectivity index (χ3n) is 4.07. The number of ether oxygens (including phenoxy) is 1. The van der Waals surface area contributed by atoms with Crippen LogP contribution >= 0.6 is 0 Å². The smallest absolute Gasteiger partial charge is 0.0798 e. The standard InChI is InChI=1S/C14H29NO2/c1-3-5-12(2)10-17-9-7-13-6-4-8-14(13,16)11-15/h12-13,16H,3-11,15H2,1-2H3. The Bertz CT molecular complexity index is 210. The normalized spacial score (nSPS) is 30.7. The van der Waals surface area contributed by atoms with Crippen molar-refractivity contribution in [1.29, 1.82) is 0 Å². The molecule has 1 fully saturated rings. The van der Waals surface area contributed by atoms with Crippen molar-refractivity contribution < 1.29 is 9.84 Å². The molecule has 0 aromatic carbocycles. The molecule has 3 heteroatoms. The maximum Gasteiger partial charge on any atom is 0.0798 e. The molecular weight excluding hydrogens is 214 g/mol. The fraction of sp³-hybridized carbons (Fsp3) is 1.00. The Hall–Kier alpha value is -0.120. The molecule has 3 nitrogen and oxygen atoms in total. The van der Waals surface area contributed by atoms with Gasteiger partial charge in [0.2, 0.25) is 0 Å². The average molecular weight is 243 g/mol. The van der Waals surface area contributed by atoms with Gasteiger partial charge in [-0.25, -0.2) is 0 Å². The van der Waals surface area contributed by atoms with E-state index >= 15 is 0 Å². The predicted molar refractivity (Wildman–Crippen MR) is 70.9 cm³/mol. The van der Waals surface area contributed by atoms with E-state index < -0.39 is 5.60 Å². The fourth-order valence-corrected chi connectivity index (χ4v) is 2.90. The first-order chi connectivity index (χ1) is 8.12. The molecule has 0 bridgehead atoms. The molecule has 1 aliphatic rings. The third-order valence-corrected chi connectivity index (χ3v) is 4.07. The van der Waals surface area contributed by atoms with Crippen molar-refractivity contribution in [2.24, 2.45) is 17.6 Å². The van der Waals surface area contributed by atoms with Gasteiger partial charge in [0.25, 0.3) is 0 Å². The first-order valence-corrected chi connectivity index (χ1v) is 7.12. The lowest BCUT2D eigenvalue weighted by Crippen LogP contribution is -2.41. The van der Waals surface area contributed by atoms with Gasteiger partial charge in [0.05, 0.1) is 5.60 Å². The van der Waals surface area contributed by atoms with Crippen LogP contribution in [0.3, 0.4) is 0 Å². The van der Waals surface area contributed by atoms with Gasteiger partial charge in [-0.1, -0.05) is 26.7 Å². The van der Waals surface area contributed by atoms with Crippen LogP contribution < -0.4 is 5.73 Å². The summed E-state index contributed by atoms with van der Waals surface area (Å²) in [6.45, 7) is 6.44. The van der Waals surface area contributed by atoms with Crippen molar-refractivity contribution in [3.8, 4) is 0 Å². The van der Waals surface area contributed by atoms with Gasteiger partial charge in [-0.05, 0) is 37.5 Å². The molecule has 1 aliphatic carbocycles. The van der Waals surface area contributed by atoms with Gasteiger partial charge in [0.1, 0.15) is 0 Å². The number of hydrogen-bond donors (Lipinski definition) is 2. The Morgan fingerprint density at radius 1 is 1.53 bits per heavy atom. The van der Waals surface area contributed by atoms with Crippen LogP contribution in [0.4, 0.5) is 0 Å². The minimum absolute atomic E-state index is 0.342. The SMILES string of the molecule is CCCC(C)COCCC1CCCC1(O)CN. The zero-order chi connectivity index (χ0) is 12.7. The first-order valence-electron chi connectivity index (χ1n) is 7.12. The van der Waals surface area contributed by atoms with Crippen LogP contribution in [-0.4, -0.2) is 30.5 Å². The Morgan fingerprint density at radius 2 is 2.29 bits per heavy atom. The summed E-state index contributed by atoms with van der Waals surface area (Å²) in [5.41, 5.74) is 5.05. The summed E-state index contributed by atoms with van der Waals surface area (Å²) in [7, 11) is 0. The lowest BCUT2D eigenvalue weighted by atomic mass is 9.88. The zero-order valence-corrected chi connectivity index (χ0v) is 11.5. The molecule has 17 heavy (non-hydrogen) atoms. The van der Waals surface area contributed by atoms with E-state index in [1.54, 1.807) is 0 Å². The summed E-state index contributed by atoms with van der Waals surface area (Å²) < 4.78 is 5.70. The topological polar surface area (TPSA) is 55.5 Å². The van der Waals surface area contributed by atoms with Crippen molar-refractivity contribution in [3.63, 3.8) is 0 Å².